The lowest BCUT2D eigenvalue weighted by molar-refractivity contribution is -0.157. The largest absolute Gasteiger partial charge is 0.504 e. The van der Waals surface area contributed by atoms with Crippen LogP contribution in [0, 0.1) is 12.8 Å². The summed E-state index contributed by atoms with van der Waals surface area (Å²) in [5.74, 6) is -0.728. The highest BCUT2D eigenvalue weighted by Crippen LogP contribution is 2.53. The topological polar surface area (TPSA) is 71.0 Å². The Morgan fingerprint density at radius 2 is 1.97 bits per heavy atom. The molecule has 2 aromatic carbocycles. The highest BCUT2D eigenvalue weighted by molar-refractivity contribution is 7.80. The second-order valence-electron chi connectivity index (χ2n) is 9.37. The average molecular weight is 441 g/mol. The number of para-hydroxylation sites is 1. The molecule has 2 N–H and O–H groups in total. The first-order valence-corrected chi connectivity index (χ1v) is 10.7. The summed E-state index contributed by atoms with van der Waals surface area (Å²) in [5.41, 5.74) is 2.05. The number of thiocarbonyl (C=S) groups is 1. The Morgan fingerprint density at radius 3 is 2.58 bits per heavy atom. The minimum absolute atomic E-state index is 0.0429. The Morgan fingerprint density at radius 1 is 1.29 bits per heavy atom. The molecule has 2 aliphatic rings. The first-order chi connectivity index (χ1) is 14.5. The van der Waals surface area contributed by atoms with Gasteiger partial charge in [-0.3, -0.25) is 9.69 Å². The zero-order valence-electron chi connectivity index (χ0n) is 18.6. The van der Waals surface area contributed by atoms with E-state index in [1.807, 2.05) is 49.1 Å². The number of phenolic OH excluding ortho intramolecular Hbond substituents is 1. The van der Waals surface area contributed by atoms with Crippen molar-refractivity contribution >= 4 is 29.0 Å². The number of benzene rings is 2. The van der Waals surface area contributed by atoms with Crippen molar-refractivity contribution in [1.29, 1.82) is 0 Å². The van der Waals surface area contributed by atoms with Gasteiger partial charge in [-0.1, -0.05) is 39.0 Å². The number of nitrogens with one attached hydrogen (secondary N) is 1. The van der Waals surface area contributed by atoms with Gasteiger partial charge >= 0.3 is 5.97 Å². The molecule has 0 saturated carbocycles. The fourth-order valence-corrected chi connectivity index (χ4v) is 4.97. The van der Waals surface area contributed by atoms with Gasteiger partial charge in [-0.25, -0.2) is 0 Å². The lowest BCUT2D eigenvalue weighted by atomic mass is 9.76. The summed E-state index contributed by atoms with van der Waals surface area (Å²) in [6.07, 6.45) is 0. The highest BCUT2D eigenvalue weighted by Gasteiger charge is 2.60. The average Bonchev–Trinajstić information content (AvgIpc) is 2.68. The van der Waals surface area contributed by atoms with Crippen LogP contribution in [0.25, 0.3) is 0 Å². The number of rotatable bonds is 2. The van der Waals surface area contributed by atoms with E-state index in [2.05, 4.69) is 26.1 Å². The third-order valence-corrected chi connectivity index (χ3v) is 6.56. The minimum atomic E-state index is -1.19. The van der Waals surface area contributed by atoms with Gasteiger partial charge in [0.05, 0.1) is 13.2 Å². The number of esters is 1. The van der Waals surface area contributed by atoms with Crippen molar-refractivity contribution in [3.05, 3.63) is 53.1 Å². The van der Waals surface area contributed by atoms with E-state index in [1.54, 1.807) is 6.07 Å². The van der Waals surface area contributed by atoms with E-state index in [0.29, 0.717) is 16.4 Å². The maximum Gasteiger partial charge on any atom is 0.317 e. The van der Waals surface area contributed by atoms with Crippen molar-refractivity contribution in [2.24, 2.45) is 5.92 Å². The molecule has 2 bridgehead atoms. The summed E-state index contributed by atoms with van der Waals surface area (Å²) in [7, 11) is 1.37. The molecule has 3 unspecified atom stereocenters. The number of phenols is 1. The zero-order chi connectivity index (χ0) is 22.7. The maximum atomic E-state index is 13.1. The molecule has 0 aromatic heterocycles. The van der Waals surface area contributed by atoms with Crippen LogP contribution < -0.4 is 15.0 Å². The number of carbonyl (C=O) groups is 1. The Kier molecular flexibility index (Phi) is 4.92. The van der Waals surface area contributed by atoms with E-state index in [4.69, 9.17) is 21.7 Å². The molecule has 2 aliphatic heterocycles. The predicted molar refractivity (Wildman–Crippen MR) is 123 cm³/mol. The second kappa shape index (κ2) is 7.12. The monoisotopic (exact) mass is 440 g/mol. The number of anilines is 1. The van der Waals surface area contributed by atoms with Crippen molar-refractivity contribution in [2.75, 3.05) is 12.0 Å². The molecule has 0 amide bonds. The van der Waals surface area contributed by atoms with Crippen molar-refractivity contribution in [2.45, 2.75) is 51.8 Å². The summed E-state index contributed by atoms with van der Waals surface area (Å²) >= 11 is 5.76. The Hall–Kier alpha value is -2.80. The lowest BCUT2D eigenvalue weighted by Gasteiger charge is -2.55. The van der Waals surface area contributed by atoms with Gasteiger partial charge in [-0.2, -0.15) is 0 Å². The number of ether oxygens (including phenoxy) is 2. The second-order valence-corrected chi connectivity index (χ2v) is 9.76. The molecule has 0 spiro atoms. The Balaban J connectivity index is 1.96. The van der Waals surface area contributed by atoms with E-state index in [1.165, 1.54) is 7.11 Å². The van der Waals surface area contributed by atoms with Crippen LogP contribution in [0.4, 0.5) is 5.69 Å². The number of hydrogen-bond acceptors (Lipinski definition) is 5. The van der Waals surface area contributed by atoms with Crippen LogP contribution in [0.1, 0.15) is 50.4 Å². The molecule has 0 radical (unpaired) electrons. The molecular weight excluding hydrogens is 412 g/mol. The van der Waals surface area contributed by atoms with Crippen molar-refractivity contribution in [3.8, 4) is 11.5 Å². The zero-order valence-corrected chi connectivity index (χ0v) is 19.5. The number of carbonyl (C=O) groups excluding carboxylic acids is 1. The van der Waals surface area contributed by atoms with Crippen LogP contribution in [0.3, 0.4) is 0 Å². The number of methoxy groups -OCH3 is 1. The van der Waals surface area contributed by atoms with E-state index in [9.17, 15) is 9.90 Å². The molecule has 4 rings (SSSR count). The lowest BCUT2D eigenvalue weighted by Crippen LogP contribution is -2.71. The van der Waals surface area contributed by atoms with Crippen LogP contribution >= 0.6 is 12.2 Å². The van der Waals surface area contributed by atoms with Gasteiger partial charge in [0.25, 0.3) is 0 Å². The van der Waals surface area contributed by atoms with Gasteiger partial charge in [-0.15, -0.1) is 0 Å². The molecule has 31 heavy (non-hydrogen) atoms. The molecule has 6 nitrogen and oxygen atoms in total. The molecule has 2 heterocycles. The first-order valence-electron chi connectivity index (χ1n) is 10.3. The van der Waals surface area contributed by atoms with Crippen LogP contribution in [0.5, 0.6) is 11.5 Å². The van der Waals surface area contributed by atoms with Gasteiger partial charge in [0.2, 0.25) is 5.72 Å². The molecule has 2 aromatic rings. The summed E-state index contributed by atoms with van der Waals surface area (Å²) in [6.45, 7) is 10.0. The van der Waals surface area contributed by atoms with Gasteiger partial charge in [0.1, 0.15) is 5.92 Å². The van der Waals surface area contributed by atoms with Crippen molar-refractivity contribution in [1.82, 2.24) is 5.32 Å². The number of fused-ring (bicyclic) bond motifs is 4. The molecule has 7 heteroatoms. The van der Waals surface area contributed by atoms with E-state index in [-0.39, 0.29) is 11.2 Å². The van der Waals surface area contributed by atoms with Crippen LogP contribution in [-0.2, 0) is 14.9 Å². The van der Waals surface area contributed by atoms with Crippen molar-refractivity contribution < 1.29 is 19.4 Å². The maximum absolute atomic E-state index is 13.1. The van der Waals surface area contributed by atoms with Gasteiger partial charge < -0.3 is 19.9 Å². The molecular formula is C24H28N2O4S. The quantitative estimate of drug-likeness (QED) is 0.532. The molecule has 0 aliphatic carbocycles. The molecule has 1 saturated heterocycles. The van der Waals surface area contributed by atoms with Gasteiger partial charge in [0, 0.05) is 11.3 Å². The van der Waals surface area contributed by atoms with E-state index < -0.39 is 23.7 Å². The summed E-state index contributed by atoms with van der Waals surface area (Å²) < 4.78 is 11.7. The van der Waals surface area contributed by atoms with Gasteiger partial charge in [-0.05, 0) is 60.8 Å². The normalized spacial score (nSPS) is 24.7. The van der Waals surface area contributed by atoms with E-state index in [0.717, 1.165) is 16.8 Å². The number of aromatic hydroxyl groups is 1. The third kappa shape index (κ3) is 3.22. The fourth-order valence-electron chi connectivity index (χ4n) is 4.56. The molecule has 3 atom stereocenters. The van der Waals surface area contributed by atoms with Crippen LogP contribution in [0.15, 0.2) is 36.4 Å². The minimum Gasteiger partial charge on any atom is -0.504 e. The molecule has 1 fully saturated rings. The van der Waals surface area contributed by atoms with Crippen molar-refractivity contribution in [3.63, 3.8) is 0 Å². The van der Waals surface area contributed by atoms with Crippen LogP contribution in [-0.4, -0.2) is 29.0 Å². The Bertz CT molecular complexity index is 1080. The standard InChI is InChI=1S/C24H28N2O4S/c1-13-9-7-8-10-16(13)26-22(31)25-19-15-11-14(23(2,3)4)12-17(27)20(15)30-24(26,5)18(19)21(28)29-6/h7-12,18-19,27H,1-6H3,(H,25,31). The fraction of sp³-hybridized carbons (Fsp3) is 0.417. The predicted octanol–water partition coefficient (Wildman–Crippen LogP) is 4.33. The van der Waals surface area contributed by atoms with Crippen LogP contribution in [0.2, 0.25) is 0 Å². The summed E-state index contributed by atoms with van der Waals surface area (Å²) in [6, 6.07) is 11.0. The highest BCUT2D eigenvalue weighted by atomic mass is 32.1. The SMILES string of the molecule is COC(=O)C1C2NC(=S)N(c3ccccc3C)C1(C)Oc1c(O)cc(C(C)(C)C)cc12. The smallest absolute Gasteiger partial charge is 0.317 e. The number of hydrogen-bond donors (Lipinski definition) is 2. The summed E-state index contributed by atoms with van der Waals surface area (Å²) in [5, 5.41) is 14.7. The van der Waals surface area contributed by atoms with Gasteiger partial charge in [0.15, 0.2) is 16.6 Å². The number of nitrogens with zero attached hydrogens (tertiary/aromatic N) is 1. The number of aryl methyl sites for hydroxylation is 1. The van der Waals surface area contributed by atoms with E-state index >= 15 is 0 Å². The molecule has 164 valence electrons. The third-order valence-electron chi connectivity index (χ3n) is 6.26. The Labute approximate surface area is 188 Å². The summed E-state index contributed by atoms with van der Waals surface area (Å²) in [4.78, 5) is 14.9. The first kappa shape index (κ1) is 21.4.